The number of thiol groups is 1. The number of fused-ring (bicyclic) bond motifs is 1. The van der Waals surface area contributed by atoms with Gasteiger partial charge in [0.2, 0.25) is 0 Å². The van der Waals surface area contributed by atoms with Gasteiger partial charge in [0.25, 0.3) is 0 Å². The smallest absolute Gasteiger partial charge is 0.0384 e. The van der Waals surface area contributed by atoms with E-state index in [1.54, 1.807) is 0 Å². The fourth-order valence-corrected chi connectivity index (χ4v) is 5.01. The molecule has 176 valence electrons. The van der Waals surface area contributed by atoms with Gasteiger partial charge < -0.3 is 5.32 Å². The Hall–Kier alpha value is -4.01. The highest BCUT2D eigenvalue weighted by molar-refractivity contribution is 7.80. The number of hydrogen-bond donors (Lipinski definition) is 2. The number of hydrogen-bond acceptors (Lipinski definition) is 2. The highest BCUT2D eigenvalue weighted by Gasteiger charge is 2.12. The molecule has 0 saturated heterocycles. The van der Waals surface area contributed by atoms with Gasteiger partial charge in [-0.15, -0.1) is 12.6 Å². The summed E-state index contributed by atoms with van der Waals surface area (Å²) in [6, 6.07) is 38.4. The summed E-state index contributed by atoms with van der Waals surface area (Å²) in [4.78, 5) is 0.970. The van der Waals surface area contributed by atoms with E-state index in [9.17, 15) is 0 Å². The normalized spacial score (nSPS) is 11.4. The predicted molar refractivity (Wildman–Crippen MR) is 160 cm³/mol. The Morgan fingerprint density at radius 3 is 1.97 bits per heavy atom. The zero-order valence-corrected chi connectivity index (χ0v) is 21.3. The van der Waals surface area contributed by atoms with Crippen LogP contribution in [0.1, 0.15) is 18.9 Å². The molecule has 0 spiro atoms. The SMILES string of the molecule is C=C/C(=C\CC)c1c(S)ccc2c(-c3ccc(Nc4ccc(-c5ccccc5)cc4)cc3)cccc12. The van der Waals surface area contributed by atoms with Crippen LogP contribution >= 0.6 is 12.6 Å². The summed E-state index contributed by atoms with van der Waals surface area (Å²) in [6.45, 7) is 6.18. The van der Waals surface area contributed by atoms with Crippen LogP contribution in [-0.4, -0.2) is 0 Å². The van der Waals surface area contributed by atoms with Crippen molar-refractivity contribution in [1.82, 2.24) is 0 Å². The third-order valence-electron chi connectivity index (χ3n) is 6.45. The number of nitrogens with one attached hydrogen (secondary N) is 1. The maximum Gasteiger partial charge on any atom is 0.0384 e. The fourth-order valence-electron chi connectivity index (χ4n) is 4.69. The zero-order valence-electron chi connectivity index (χ0n) is 20.4. The standard InChI is InChI=1S/C34H29NS/c1-3-9-24(4-2)34-32-13-8-12-30(31(32)22-23-33(34)36)27-16-20-29(21-17-27)35-28-18-14-26(15-19-28)25-10-6-5-7-11-25/h4-23,35-36H,2-3H2,1H3/b24-9+. The minimum Gasteiger partial charge on any atom is -0.356 e. The first kappa shape index (κ1) is 23.7. The molecule has 5 aromatic carbocycles. The molecular formula is C34H29NS. The molecule has 0 aliphatic heterocycles. The molecule has 0 amide bonds. The molecule has 5 rings (SSSR count). The lowest BCUT2D eigenvalue weighted by Gasteiger charge is -2.15. The summed E-state index contributed by atoms with van der Waals surface area (Å²) in [5.41, 5.74) is 9.23. The molecule has 0 radical (unpaired) electrons. The van der Waals surface area contributed by atoms with E-state index in [1.807, 2.05) is 12.1 Å². The molecule has 5 aromatic rings. The summed E-state index contributed by atoms with van der Waals surface area (Å²) in [7, 11) is 0. The van der Waals surface area contributed by atoms with E-state index in [0.717, 1.165) is 33.8 Å². The van der Waals surface area contributed by atoms with Gasteiger partial charge in [0.15, 0.2) is 0 Å². The summed E-state index contributed by atoms with van der Waals surface area (Å²) in [5, 5.41) is 5.93. The molecule has 0 unspecified atom stereocenters. The summed E-state index contributed by atoms with van der Waals surface area (Å²) < 4.78 is 0. The van der Waals surface area contributed by atoms with Crippen molar-refractivity contribution in [2.45, 2.75) is 18.2 Å². The van der Waals surface area contributed by atoms with Crippen molar-refractivity contribution in [3.8, 4) is 22.3 Å². The molecule has 1 nitrogen and oxygen atoms in total. The summed E-state index contributed by atoms with van der Waals surface area (Å²) >= 11 is 4.77. The zero-order chi connectivity index (χ0) is 24.9. The Morgan fingerprint density at radius 1 is 0.694 bits per heavy atom. The third-order valence-corrected chi connectivity index (χ3v) is 6.82. The molecule has 1 N–H and O–H groups in total. The van der Waals surface area contributed by atoms with Crippen molar-refractivity contribution in [1.29, 1.82) is 0 Å². The van der Waals surface area contributed by atoms with Crippen molar-refractivity contribution >= 4 is 40.3 Å². The van der Waals surface area contributed by atoms with E-state index < -0.39 is 0 Å². The summed E-state index contributed by atoms with van der Waals surface area (Å²) in [6.07, 6.45) is 5.09. The van der Waals surface area contributed by atoms with Gasteiger partial charge in [0.1, 0.15) is 0 Å². The highest BCUT2D eigenvalue weighted by Crippen LogP contribution is 2.37. The quantitative estimate of drug-likeness (QED) is 0.173. The lowest BCUT2D eigenvalue weighted by atomic mass is 9.92. The molecule has 0 fully saturated rings. The van der Waals surface area contributed by atoms with Crippen molar-refractivity contribution < 1.29 is 0 Å². The van der Waals surface area contributed by atoms with Crippen molar-refractivity contribution in [3.05, 3.63) is 133 Å². The van der Waals surface area contributed by atoms with E-state index >= 15 is 0 Å². The second-order valence-corrected chi connectivity index (χ2v) is 9.26. The third kappa shape index (κ3) is 4.86. The molecule has 0 aromatic heterocycles. The fraction of sp³-hybridized carbons (Fsp3) is 0.0588. The van der Waals surface area contributed by atoms with Crippen LogP contribution in [0.5, 0.6) is 0 Å². The van der Waals surface area contributed by atoms with Crippen LogP contribution in [-0.2, 0) is 0 Å². The van der Waals surface area contributed by atoms with E-state index in [-0.39, 0.29) is 0 Å². The molecule has 0 aliphatic rings. The van der Waals surface area contributed by atoms with E-state index in [2.05, 4.69) is 128 Å². The van der Waals surface area contributed by atoms with Crippen molar-refractivity contribution in [3.63, 3.8) is 0 Å². The lowest BCUT2D eigenvalue weighted by molar-refractivity contribution is 1.22. The van der Waals surface area contributed by atoms with Crippen LogP contribution in [0.4, 0.5) is 11.4 Å². The van der Waals surface area contributed by atoms with Gasteiger partial charge in [0.05, 0.1) is 0 Å². The molecule has 0 heterocycles. The van der Waals surface area contributed by atoms with Gasteiger partial charge in [-0.25, -0.2) is 0 Å². The second kappa shape index (κ2) is 10.7. The number of allylic oxidation sites excluding steroid dienone is 3. The Kier molecular flexibility index (Phi) is 7.06. The molecule has 2 heteroatoms. The number of anilines is 2. The maximum absolute atomic E-state index is 4.77. The molecule has 0 saturated carbocycles. The largest absolute Gasteiger partial charge is 0.356 e. The van der Waals surface area contributed by atoms with Gasteiger partial charge in [-0.05, 0) is 75.4 Å². The van der Waals surface area contributed by atoms with Gasteiger partial charge in [0, 0.05) is 21.8 Å². The monoisotopic (exact) mass is 483 g/mol. The van der Waals surface area contributed by atoms with Gasteiger partial charge in [-0.2, -0.15) is 0 Å². The average molecular weight is 484 g/mol. The number of rotatable bonds is 7. The first-order valence-electron chi connectivity index (χ1n) is 12.3. The minimum atomic E-state index is 0.952. The maximum atomic E-state index is 4.77. The van der Waals surface area contributed by atoms with Crippen LogP contribution < -0.4 is 5.32 Å². The van der Waals surface area contributed by atoms with Crippen LogP contribution in [0.2, 0.25) is 0 Å². The van der Waals surface area contributed by atoms with Gasteiger partial charge in [-0.1, -0.05) is 105 Å². The first-order chi connectivity index (χ1) is 17.7. The molecule has 0 bridgehead atoms. The summed E-state index contributed by atoms with van der Waals surface area (Å²) in [5.74, 6) is 0. The lowest BCUT2D eigenvalue weighted by Crippen LogP contribution is -1.91. The first-order valence-corrected chi connectivity index (χ1v) is 12.7. The highest BCUT2D eigenvalue weighted by atomic mass is 32.1. The Balaban J connectivity index is 1.43. The Morgan fingerprint density at radius 2 is 1.33 bits per heavy atom. The van der Waals surface area contributed by atoms with Crippen LogP contribution in [0, 0.1) is 0 Å². The molecule has 0 atom stereocenters. The van der Waals surface area contributed by atoms with Crippen LogP contribution in [0.3, 0.4) is 0 Å². The molecule has 0 aliphatic carbocycles. The van der Waals surface area contributed by atoms with Crippen molar-refractivity contribution in [2.75, 3.05) is 5.32 Å². The minimum absolute atomic E-state index is 0.952. The van der Waals surface area contributed by atoms with E-state index in [0.29, 0.717) is 0 Å². The van der Waals surface area contributed by atoms with Gasteiger partial charge in [-0.3, -0.25) is 0 Å². The average Bonchev–Trinajstić information content (AvgIpc) is 2.93. The predicted octanol–water partition coefficient (Wildman–Crippen LogP) is 10.2. The van der Waals surface area contributed by atoms with Crippen LogP contribution in [0.15, 0.2) is 133 Å². The van der Waals surface area contributed by atoms with Gasteiger partial charge >= 0.3 is 0 Å². The van der Waals surface area contributed by atoms with E-state index in [1.165, 1.54) is 33.0 Å². The topological polar surface area (TPSA) is 12.0 Å². The second-order valence-electron chi connectivity index (χ2n) is 8.78. The van der Waals surface area contributed by atoms with Crippen LogP contribution in [0.25, 0.3) is 38.6 Å². The Bertz CT molecular complexity index is 1530. The number of benzene rings is 5. The van der Waals surface area contributed by atoms with E-state index in [4.69, 9.17) is 12.6 Å². The molecule has 36 heavy (non-hydrogen) atoms. The Labute approximate surface area is 219 Å². The van der Waals surface area contributed by atoms with Crippen molar-refractivity contribution in [2.24, 2.45) is 0 Å². The molecular weight excluding hydrogens is 454 g/mol.